The zero-order valence-electron chi connectivity index (χ0n) is 21.3. The number of fused-ring (bicyclic) bond motifs is 2. The van der Waals surface area contributed by atoms with Gasteiger partial charge in [-0.2, -0.15) is 0 Å². The van der Waals surface area contributed by atoms with Gasteiger partial charge < -0.3 is 15.1 Å². The highest BCUT2D eigenvalue weighted by Crippen LogP contribution is 2.34. The largest absolute Gasteiger partial charge is 0.481 e. The Morgan fingerprint density at radius 2 is 1.68 bits per heavy atom. The molecule has 2 aromatic carbocycles. The van der Waals surface area contributed by atoms with Crippen LogP contribution in [0.2, 0.25) is 0 Å². The van der Waals surface area contributed by atoms with E-state index < -0.39 is 11.9 Å². The van der Waals surface area contributed by atoms with Crippen LogP contribution in [0.1, 0.15) is 39.3 Å². The van der Waals surface area contributed by atoms with Crippen molar-refractivity contribution >= 4 is 34.8 Å². The zero-order chi connectivity index (χ0) is 26.4. The highest BCUT2D eigenvalue weighted by atomic mass is 32.1. The number of likely N-dealkylation sites (N-methyl/N-ethyl adjacent to an activating group) is 1. The van der Waals surface area contributed by atoms with Crippen molar-refractivity contribution in [1.82, 2.24) is 9.80 Å². The van der Waals surface area contributed by atoms with Crippen molar-refractivity contribution < 1.29 is 19.8 Å². The summed E-state index contributed by atoms with van der Waals surface area (Å²) in [5, 5.41) is 15.8. The number of nitrogens with zero attached hydrogens (tertiary/aromatic N) is 3. The molecule has 1 fully saturated rings. The fourth-order valence-corrected chi connectivity index (χ4v) is 5.75. The second-order valence-electron chi connectivity index (χ2n) is 9.49. The number of rotatable bonds is 5. The molecule has 0 radical (unpaired) electrons. The molecule has 1 atom stereocenters. The Bertz CT molecular complexity index is 1260. The Kier molecular flexibility index (Phi) is 8.74. The lowest BCUT2D eigenvalue weighted by Crippen LogP contribution is -2.54. The van der Waals surface area contributed by atoms with Gasteiger partial charge in [0.1, 0.15) is 5.84 Å². The SMILES string of the molecule is Cc1cc2c(s1)Cc1ccccc1N=C2N1CCN(C)C(Cc2ccccc2)C1.O=C(O)CCC(=O)O. The van der Waals surface area contributed by atoms with Gasteiger partial charge in [-0.05, 0) is 43.7 Å². The molecule has 3 aromatic rings. The lowest BCUT2D eigenvalue weighted by molar-refractivity contribution is -0.143. The molecule has 5 rings (SSSR count). The van der Waals surface area contributed by atoms with Gasteiger partial charge in [0.15, 0.2) is 0 Å². The van der Waals surface area contributed by atoms with Crippen LogP contribution in [-0.2, 0) is 22.4 Å². The number of aliphatic carboxylic acids is 2. The van der Waals surface area contributed by atoms with Gasteiger partial charge in [0.2, 0.25) is 0 Å². The second kappa shape index (κ2) is 12.2. The van der Waals surface area contributed by atoms with Gasteiger partial charge >= 0.3 is 11.9 Å². The molecule has 194 valence electrons. The minimum atomic E-state index is -1.08. The molecule has 1 aromatic heterocycles. The predicted molar refractivity (Wildman–Crippen MR) is 147 cm³/mol. The topological polar surface area (TPSA) is 93.4 Å². The van der Waals surface area contributed by atoms with Crippen LogP contribution in [0.4, 0.5) is 5.69 Å². The molecule has 0 spiro atoms. The Labute approximate surface area is 221 Å². The van der Waals surface area contributed by atoms with Gasteiger partial charge in [0.25, 0.3) is 0 Å². The first kappa shape index (κ1) is 26.6. The van der Waals surface area contributed by atoms with Crippen LogP contribution in [0.15, 0.2) is 65.7 Å². The van der Waals surface area contributed by atoms with E-state index in [0.717, 1.165) is 38.2 Å². The first-order valence-corrected chi connectivity index (χ1v) is 13.3. The average molecular weight is 520 g/mol. The molecular formula is C29H33N3O4S. The normalized spacial score (nSPS) is 17.0. The van der Waals surface area contributed by atoms with Crippen molar-refractivity contribution in [3.8, 4) is 0 Å². The third-order valence-electron chi connectivity index (χ3n) is 6.69. The zero-order valence-corrected chi connectivity index (χ0v) is 22.1. The number of benzene rings is 2. The smallest absolute Gasteiger partial charge is 0.303 e. The second-order valence-corrected chi connectivity index (χ2v) is 10.8. The summed E-state index contributed by atoms with van der Waals surface area (Å²) in [6, 6.07) is 22.3. The molecular weight excluding hydrogens is 486 g/mol. The molecule has 3 heterocycles. The Balaban J connectivity index is 0.000000349. The van der Waals surface area contributed by atoms with Crippen LogP contribution in [-0.4, -0.2) is 70.5 Å². The molecule has 8 heteroatoms. The van der Waals surface area contributed by atoms with Gasteiger partial charge in [-0.25, -0.2) is 4.99 Å². The quantitative estimate of drug-likeness (QED) is 0.501. The number of thiophene rings is 1. The van der Waals surface area contributed by atoms with E-state index >= 15 is 0 Å². The number of para-hydroxylation sites is 1. The van der Waals surface area contributed by atoms with Crippen molar-refractivity contribution in [2.45, 2.75) is 38.6 Å². The first-order valence-electron chi connectivity index (χ1n) is 12.5. The Morgan fingerprint density at radius 1 is 1.00 bits per heavy atom. The Morgan fingerprint density at radius 3 is 2.38 bits per heavy atom. The predicted octanol–water partition coefficient (Wildman–Crippen LogP) is 4.83. The van der Waals surface area contributed by atoms with Crippen LogP contribution in [0.25, 0.3) is 0 Å². The maximum Gasteiger partial charge on any atom is 0.303 e. The lowest BCUT2D eigenvalue weighted by atomic mass is 10.0. The van der Waals surface area contributed by atoms with Crippen LogP contribution in [0, 0.1) is 6.92 Å². The number of carboxylic acids is 2. The van der Waals surface area contributed by atoms with E-state index in [4.69, 9.17) is 15.2 Å². The van der Waals surface area contributed by atoms with E-state index in [0.29, 0.717) is 6.04 Å². The number of carbonyl (C=O) groups is 2. The number of piperazine rings is 1. The van der Waals surface area contributed by atoms with E-state index in [-0.39, 0.29) is 12.8 Å². The fraction of sp³-hybridized carbons (Fsp3) is 0.345. The van der Waals surface area contributed by atoms with Crippen molar-refractivity contribution in [2.75, 3.05) is 26.7 Å². The standard InChI is InChI=1S/C25H27N3S.C4H6O4/c1-18-14-22-24(29-18)16-20-10-6-7-11-23(20)26-25(22)28-13-12-27(2)21(17-28)15-19-8-4-3-5-9-19;5-3(6)1-2-4(7)8/h3-11,14,21H,12-13,15-17H2,1-2H3;1-2H2,(H,5,6)(H,7,8). The van der Waals surface area contributed by atoms with Crippen molar-refractivity contribution in [1.29, 1.82) is 0 Å². The summed E-state index contributed by atoms with van der Waals surface area (Å²) in [6.45, 7) is 5.32. The molecule has 0 aliphatic carbocycles. The molecule has 1 saturated heterocycles. The van der Waals surface area contributed by atoms with Gasteiger partial charge in [0, 0.05) is 47.4 Å². The summed E-state index contributed by atoms with van der Waals surface area (Å²) in [5.74, 6) is -0.986. The molecule has 2 aliphatic heterocycles. The van der Waals surface area contributed by atoms with Gasteiger partial charge in [0.05, 0.1) is 18.5 Å². The van der Waals surface area contributed by atoms with Crippen molar-refractivity contribution in [3.63, 3.8) is 0 Å². The molecule has 7 nitrogen and oxygen atoms in total. The van der Waals surface area contributed by atoms with Crippen molar-refractivity contribution in [2.24, 2.45) is 4.99 Å². The highest BCUT2D eigenvalue weighted by Gasteiger charge is 2.30. The summed E-state index contributed by atoms with van der Waals surface area (Å²) < 4.78 is 0. The third-order valence-corrected chi connectivity index (χ3v) is 7.74. The molecule has 0 amide bonds. The average Bonchev–Trinajstić information content (AvgIpc) is 3.16. The van der Waals surface area contributed by atoms with E-state index in [1.807, 2.05) is 11.3 Å². The van der Waals surface area contributed by atoms with Crippen molar-refractivity contribution in [3.05, 3.63) is 87.1 Å². The first-order chi connectivity index (χ1) is 17.8. The van der Waals surface area contributed by atoms with Gasteiger partial charge in [-0.15, -0.1) is 11.3 Å². The summed E-state index contributed by atoms with van der Waals surface area (Å²) in [5.41, 5.74) is 5.21. The fourth-order valence-electron chi connectivity index (χ4n) is 4.70. The van der Waals surface area contributed by atoms with E-state index in [9.17, 15) is 9.59 Å². The summed E-state index contributed by atoms with van der Waals surface area (Å²) in [6.07, 6.45) is 1.47. The molecule has 37 heavy (non-hydrogen) atoms. The number of hydrogen-bond acceptors (Lipinski definition) is 6. The van der Waals surface area contributed by atoms with Gasteiger partial charge in [-0.3, -0.25) is 14.5 Å². The molecule has 2 N–H and O–H groups in total. The number of hydrogen-bond donors (Lipinski definition) is 2. The molecule has 0 saturated carbocycles. The van der Waals surface area contributed by atoms with E-state index in [1.165, 1.54) is 32.3 Å². The lowest BCUT2D eigenvalue weighted by Gasteiger charge is -2.41. The van der Waals surface area contributed by atoms with E-state index in [2.05, 4.69) is 84.4 Å². The Hall–Kier alpha value is -3.49. The van der Waals surface area contributed by atoms with E-state index in [1.54, 1.807) is 0 Å². The number of aliphatic imine (C=N–C) groups is 1. The van der Waals surface area contributed by atoms with Crippen LogP contribution >= 0.6 is 11.3 Å². The highest BCUT2D eigenvalue weighted by molar-refractivity contribution is 7.12. The summed E-state index contributed by atoms with van der Waals surface area (Å²) in [4.78, 5) is 32.4. The summed E-state index contributed by atoms with van der Waals surface area (Å²) >= 11 is 1.92. The number of amidine groups is 1. The minimum absolute atomic E-state index is 0.296. The number of carboxylic acid groups (broad SMARTS) is 2. The third kappa shape index (κ3) is 7.05. The van der Waals surface area contributed by atoms with Crippen LogP contribution < -0.4 is 0 Å². The number of aryl methyl sites for hydroxylation is 1. The molecule has 2 aliphatic rings. The monoisotopic (exact) mass is 519 g/mol. The molecule has 0 bridgehead atoms. The maximum atomic E-state index is 9.64. The minimum Gasteiger partial charge on any atom is -0.481 e. The molecule has 1 unspecified atom stereocenters. The maximum absolute atomic E-state index is 9.64. The van der Waals surface area contributed by atoms with Crippen LogP contribution in [0.3, 0.4) is 0 Å². The van der Waals surface area contributed by atoms with Gasteiger partial charge in [-0.1, -0.05) is 48.5 Å². The summed E-state index contributed by atoms with van der Waals surface area (Å²) in [7, 11) is 2.26. The van der Waals surface area contributed by atoms with Crippen LogP contribution in [0.5, 0.6) is 0 Å².